The van der Waals surface area contributed by atoms with Crippen molar-refractivity contribution in [2.24, 2.45) is 0 Å². The second kappa shape index (κ2) is 7.67. The van der Waals surface area contributed by atoms with Gasteiger partial charge in [-0.2, -0.15) is 13.2 Å². The standard InChI is InChI=1S/C18H14BrClF4O3/c1-17(2,3)27-16(25)14-11(19)6-5-10(18(22,23)24)15(14)26-13-8-9(21)4-7-12(13)20/h4-8H,1-3H3. The average molecular weight is 470 g/mol. The highest BCUT2D eigenvalue weighted by Gasteiger charge is 2.38. The Morgan fingerprint density at radius 2 is 1.74 bits per heavy atom. The van der Waals surface area contributed by atoms with Crippen molar-refractivity contribution >= 4 is 33.5 Å². The molecule has 0 aromatic heterocycles. The van der Waals surface area contributed by atoms with Gasteiger partial charge in [0.15, 0.2) is 5.75 Å². The fraction of sp³-hybridized carbons (Fsp3) is 0.278. The lowest BCUT2D eigenvalue weighted by atomic mass is 10.1. The van der Waals surface area contributed by atoms with Crippen LogP contribution >= 0.6 is 27.5 Å². The Morgan fingerprint density at radius 3 is 2.30 bits per heavy atom. The molecule has 0 saturated heterocycles. The summed E-state index contributed by atoms with van der Waals surface area (Å²) >= 11 is 8.94. The summed E-state index contributed by atoms with van der Waals surface area (Å²) in [6.07, 6.45) is -4.84. The van der Waals surface area contributed by atoms with Crippen LogP contribution in [0.1, 0.15) is 36.7 Å². The zero-order valence-corrected chi connectivity index (χ0v) is 16.7. The van der Waals surface area contributed by atoms with Crippen LogP contribution in [-0.2, 0) is 10.9 Å². The van der Waals surface area contributed by atoms with Crippen molar-refractivity contribution in [3.05, 3.63) is 56.8 Å². The van der Waals surface area contributed by atoms with Gasteiger partial charge in [-0.3, -0.25) is 0 Å². The maximum absolute atomic E-state index is 13.5. The van der Waals surface area contributed by atoms with E-state index in [-0.39, 0.29) is 15.2 Å². The first-order valence-electron chi connectivity index (χ1n) is 7.55. The van der Waals surface area contributed by atoms with E-state index in [1.807, 2.05) is 0 Å². The van der Waals surface area contributed by atoms with Crippen LogP contribution in [0.3, 0.4) is 0 Å². The molecule has 2 aromatic rings. The minimum atomic E-state index is -4.84. The van der Waals surface area contributed by atoms with Crippen LogP contribution in [0.5, 0.6) is 11.5 Å². The summed E-state index contributed by atoms with van der Waals surface area (Å²) in [5.74, 6) is -3.01. The van der Waals surface area contributed by atoms with E-state index in [0.717, 1.165) is 30.3 Å². The highest BCUT2D eigenvalue weighted by Crippen LogP contribution is 2.44. The number of hydrogen-bond donors (Lipinski definition) is 0. The molecule has 0 amide bonds. The quantitative estimate of drug-likeness (QED) is 0.358. The SMILES string of the molecule is CC(C)(C)OC(=O)c1c(Br)ccc(C(F)(F)F)c1Oc1cc(F)ccc1Cl. The fourth-order valence-electron chi connectivity index (χ4n) is 2.07. The van der Waals surface area contributed by atoms with Crippen molar-refractivity contribution in [2.75, 3.05) is 0 Å². The van der Waals surface area contributed by atoms with Gasteiger partial charge < -0.3 is 9.47 Å². The van der Waals surface area contributed by atoms with Gasteiger partial charge in [-0.1, -0.05) is 11.6 Å². The Hall–Kier alpha value is -1.80. The molecule has 0 radical (unpaired) electrons. The molecule has 0 N–H and O–H groups in total. The third-order valence-corrected chi connectivity index (χ3v) is 4.09. The number of esters is 1. The lowest BCUT2D eigenvalue weighted by molar-refractivity contribution is -0.138. The number of halogens is 6. The van der Waals surface area contributed by atoms with Gasteiger partial charge in [0.25, 0.3) is 0 Å². The smallest absolute Gasteiger partial charge is 0.420 e. The molecule has 9 heteroatoms. The van der Waals surface area contributed by atoms with E-state index in [9.17, 15) is 22.4 Å². The topological polar surface area (TPSA) is 35.5 Å². The molecular weight excluding hydrogens is 456 g/mol. The van der Waals surface area contributed by atoms with E-state index in [0.29, 0.717) is 0 Å². The largest absolute Gasteiger partial charge is 0.456 e. The molecule has 0 atom stereocenters. The first kappa shape index (κ1) is 21.5. The zero-order chi connectivity index (χ0) is 20.6. The van der Waals surface area contributed by atoms with Gasteiger partial charge >= 0.3 is 12.1 Å². The highest BCUT2D eigenvalue weighted by atomic mass is 79.9. The number of rotatable bonds is 3. The summed E-state index contributed by atoms with van der Waals surface area (Å²) in [5.41, 5.74) is -2.68. The minimum Gasteiger partial charge on any atom is -0.456 e. The monoisotopic (exact) mass is 468 g/mol. The second-order valence-corrected chi connectivity index (χ2v) is 7.74. The summed E-state index contributed by atoms with van der Waals surface area (Å²) in [6.45, 7) is 4.70. The van der Waals surface area contributed by atoms with Gasteiger partial charge in [-0.25, -0.2) is 9.18 Å². The summed E-state index contributed by atoms with van der Waals surface area (Å²) in [5, 5.41) is -0.125. The van der Waals surface area contributed by atoms with Crippen molar-refractivity contribution in [1.82, 2.24) is 0 Å². The van der Waals surface area contributed by atoms with Crippen LogP contribution in [0.15, 0.2) is 34.8 Å². The van der Waals surface area contributed by atoms with E-state index in [4.69, 9.17) is 21.1 Å². The fourth-order valence-corrected chi connectivity index (χ4v) is 2.70. The number of benzene rings is 2. The predicted molar refractivity (Wildman–Crippen MR) is 95.8 cm³/mol. The molecule has 0 aliphatic rings. The molecule has 2 rings (SSSR count). The van der Waals surface area contributed by atoms with Crippen LogP contribution in [0.25, 0.3) is 0 Å². The Balaban J connectivity index is 2.69. The van der Waals surface area contributed by atoms with Gasteiger partial charge in [-0.05, 0) is 61.0 Å². The summed E-state index contributed by atoms with van der Waals surface area (Å²) in [4.78, 5) is 12.5. The molecular formula is C18H14BrClF4O3. The van der Waals surface area contributed by atoms with E-state index >= 15 is 0 Å². The molecule has 0 fully saturated rings. The van der Waals surface area contributed by atoms with E-state index in [1.165, 1.54) is 0 Å². The summed E-state index contributed by atoms with van der Waals surface area (Å²) in [6, 6.07) is 4.77. The molecule has 27 heavy (non-hydrogen) atoms. The van der Waals surface area contributed by atoms with Crippen molar-refractivity contribution in [3.63, 3.8) is 0 Å². The van der Waals surface area contributed by atoms with Crippen LogP contribution in [0.2, 0.25) is 5.02 Å². The van der Waals surface area contributed by atoms with Gasteiger partial charge in [0.1, 0.15) is 22.7 Å². The Bertz CT molecular complexity index is 876. The van der Waals surface area contributed by atoms with Crippen molar-refractivity contribution in [1.29, 1.82) is 0 Å². The van der Waals surface area contributed by atoms with Crippen molar-refractivity contribution in [2.45, 2.75) is 32.5 Å². The van der Waals surface area contributed by atoms with Crippen molar-refractivity contribution < 1.29 is 31.8 Å². The van der Waals surface area contributed by atoms with E-state index in [1.54, 1.807) is 20.8 Å². The molecule has 0 spiro atoms. The first-order chi connectivity index (χ1) is 12.3. The molecule has 0 aliphatic heterocycles. The molecule has 0 unspecified atom stereocenters. The third kappa shape index (κ3) is 5.35. The number of hydrogen-bond acceptors (Lipinski definition) is 3. The molecule has 146 valence electrons. The van der Waals surface area contributed by atoms with Crippen LogP contribution < -0.4 is 4.74 Å². The lowest BCUT2D eigenvalue weighted by Crippen LogP contribution is -2.25. The number of carbonyl (C=O) groups is 1. The van der Waals surface area contributed by atoms with Gasteiger partial charge in [-0.15, -0.1) is 0 Å². The van der Waals surface area contributed by atoms with Gasteiger partial charge in [0.2, 0.25) is 0 Å². The van der Waals surface area contributed by atoms with E-state index < -0.39 is 40.4 Å². The van der Waals surface area contributed by atoms with Crippen LogP contribution in [-0.4, -0.2) is 11.6 Å². The predicted octanol–water partition coefficient (Wildman–Crippen LogP) is 7.01. The summed E-state index contributed by atoms with van der Waals surface area (Å²) < 4.78 is 64.4. The highest BCUT2D eigenvalue weighted by molar-refractivity contribution is 9.10. The molecule has 3 nitrogen and oxygen atoms in total. The maximum atomic E-state index is 13.5. The van der Waals surface area contributed by atoms with Gasteiger partial charge in [0, 0.05) is 10.5 Å². The molecule has 0 saturated carbocycles. The normalized spacial score (nSPS) is 12.0. The second-order valence-electron chi connectivity index (χ2n) is 6.48. The Labute approximate surface area is 166 Å². The van der Waals surface area contributed by atoms with Gasteiger partial charge in [0.05, 0.1) is 10.6 Å². The minimum absolute atomic E-state index is 0.0206. The van der Waals surface area contributed by atoms with Crippen molar-refractivity contribution in [3.8, 4) is 11.5 Å². The summed E-state index contributed by atoms with van der Waals surface area (Å²) in [7, 11) is 0. The zero-order valence-electron chi connectivity index (χ0n) is 14.4. The number of carbonyl (C=O) groups excluding carboxylic acids is 1. The van der Waals surface area contributed by atoms with E-state index in [2.05, 4.69) is 15.9 Å². The first-order valence-corrected chi connectivity index (χ1v) is 8.72. The Morgan fingerprint density at radius 1 is 1.11 bits per heavy atom. The van der Waals surface area contributed by atoms with Crippen LogP contribution in [0, 0.1) is 5.82 Å². The number of ether oxygens (including phenoxy) is 2. The molecule has 0 bridgehead atoms. The lowest BCUT2D eigenvalue weighted by Gasteiger charge is -2.23. The van der Waals surface area contributed by atoms with Crippen LogP contribution in [0.4, 0.5) is 17.6 Å². The molecule has 2 aromatic carbocycles. The average Bonchev–Trinajstić information content (AvgIpc) is 2.48. The molecule has 0 heterocycles. The Kier molecular flexibility index (Phi) is 6.11. The molecule has 0 aliphatic carbocycles. The maximum Gasteiger partial charge on any atom is 0.420 e. The third-order valence-electron chi connectivity index (χ3n) is 3.12. The number of alkyl halides is 3.